The first kappa shape index (κ1) is 23.7. The number of likely N-dealkylation sites (N-methyl/N-ethyl adjacent to an activating group) is 1. The number of esters is 1. The summed E-state index contributed by atoms with van der Waals surface area (Å²) in [6, 6.07) is 15.4. The van der Waals surface area contributed by atoms with Crippen LogP contribution in [0.2, 0.25) is 5.02 Å². The van der Waals surface area contributed by atoms with E-state index in [0.29, 0.717) is 16.5 Å². The third kappa shape index (κ3) is 8.75. The third-order valence-electron chi connectivity index (χ3n) is 3.85. The van der Waals surface area contributed by atoms with Crippen LogP contribution in [0.1, 0.15) is 0 Å². The van der Waals surface area contributed by atoms with Crippen molar-refractivity contribution in [2.45, 2.75) is 0 Å². The Morgan fingerprint density at radius 3 is 2.32 bits per heavy atom. The highest BCUT2D eigenvalue weighted by Crippen LogP contribution is 2.20. The molecule has 0 heterocycles. The molecule has 0 spiro atoms. The molecule has 0 unspecified atom stereocenters. The number of carbonyl (C=O) groups excluding carboxylic acids is 4. The van der Waals surface area contributed by atoms with Gasteiger partial charge >= 0.3 is 5.97 Å². The maximum absolute atomic E-state index is 12.0. The molecule has 2 N–H and O–H groups in total. The van der Waals surface area contributed by atoms with Crippen molar-refractivity contribution < 1.29 is 28.7 Å². The zero-order valence-corrected chi connectivity index (χ0v) is 17.6. The van der Waals surface area contributed by atoms with Crippen LogP contribution in [-0.2, 0) is 23.9 Å². The van der Waals surface area contributed by atoms with Crippen LogP contribution in [0.15, 0.2) is 54.6 Å². The lowest BCUT2D eigenvalue weighted by atomic mass is 10.3. The van der Waals surface area contributed by atoms with Crippen molar-refractivity contribution in [3.63, 3.8) is 0 Å². The number of hydrogen-bond donors (Lipinski definition) is 2. The van der Waals surface area contributed by atoms with E-state index in [2.05, 4.69) is 10.6 Å². The molecular weight excluding hydrogens is 426 g/mol. The van der Waals surface area contributed by atoms with Gasteiger partial charge in [0.05, 0.1) is 17.3 Å². The van der Waals surface area contributed by atoms with Gasteiger partial charge in [-0.1, -0.05) is 41.9 Å². The summed E-state index contributed by atoms with van der Waals surface area (Å²) in [5.74, 6) is -1.83. The lowest BCUT2D eigenvalue weighted by molar-refractivity contribution is -0.151. The second-order valence-electron chi connectivity index (χ2n) is 6.32. The maximum atomic E-state index is 12.0. The lowest BCUT2D eigenvalue weighted by Gasteiger charge is -2.17. The van der Waals surface area contributed by atoms with E-state index in [-0.39, 0.29) is 13.2 Å². The van der Waals surface area contributed by atoms with Gasteiger partial charge in [-0.15, -0.1) is 0 Å². The summed E-state index contributed by atoms with van der Waals surface area (Å²) in [6.07, 6.45) is 0. The summed E-state index contributed by atoms with van der Waals surface area (Å²) in [6.45, 7) is -1.50. The molecule has 3 amide bonds. The number of carbonyl (C=O) groups is 4. The molecule has 2 aromatic carbocycles. The number of para-hydroxylation sites is 2. The number of anilines is 1. The van der Waals surface area contributed by atoms with Gasteiger partial charge in [-0.05, 0) is 24.3 Å². The van der Waals surface area contributed by atoms with Crippen molar-refractivity contribution in [2.75, 3.05) is 38.7 Å². The minimum Gasteiger partial charge on any atom is -0.484 e. The smallest absolute Gasteiger partial charge is 0.325 e. The van der Waals surface area contributed by atoms with Crippen LogP contribution in [0.4, 0.5) is 5.69 Å². The Balaban J connectivity index is 1.64. The van der Waals surface area contributed by atoms with Crippen LogP contribution in [0.3, 0.4) is 0 Å². The van der Waals surface area contributed by atoms with Crippen molar-refractivity contribution in [1.29, 1.82) is 0 Å². The molecule has 0 aromatic heterocycles. The number of amides is 3. The van der Waals surface area contributed by atoms with Gasteiger partial charge in [-0.2, -0.15) is 0 Å². The normalized spacial score (nSPS) is 10.0. The van der Waals surface area contributed by atoms with Crippen LogP contribution in [-0.4, -0.2) is 61.9 Å². The van der Waals surface area contributed by atoms with E-state index in [9.17, 15) is 19.2 Å². The van der Waals surface area contributed by atoms with Crippen LogP contribution in [0.25, 0.3) is 0 Å². The van der Waals surface area contributed by atoms with Crippen molar-refractivity contribution in [2.24, 2.45) is 0 Å². The molecule has 0 radical (unpaired) electrons. The maximum Gasteiger partial charge on any atom is 0.325 e. The zero-order chi connectivity index (χ0) is 22.6. The summed E-state index contributed by atoms with van der Waals surface area (Å²) in [5, 5.41) is 5.29. The zero-order valence-electron chi connectivity index (χ0n) is 16.8. The minimum absolute atomic E-state index is 0.255. The highest BCUT2D eigenvalue weighted by atomic mass is 35.5. The predicted octanol–water partition coefficient (Wildman–Crippen LogP) is 1.48. The van der Waals surface area contributed by atoms with Gasteiger partial charge in [0.25, 0.3) is 11.8 Å². The number of halogens is 1. The highest BCUT2D eigenvalue weighted by molar-refractivity contribution is 6.33. The van der Waals surface area contributed by atoms with E-state index in [4.69, 9.17) is 21.1 Å². The number of ether oxygens (including phenoxy) is 2. The summed E-state index contributed by atoms with van der Waals surface area (Å²) >= 11 is 5.96. The average Bonchev–Trinajstić information content (AvgIpc) is 2.76. The SMILES string of the molecule is CN(CC(=O)Nc1ccccc1Cl)C(=O)COC(=O)CNC(=O)COc1ccccc1. The molecular formula is C21H22ClN3O6. The summed E-state index contributed by atoms with van der Waals surface area (Å²) in [7, 11) is 1.39. The summed E-state index contributed by atoms with van der Waals surface area (Å²) in [4.78, 5) is 48.6. The first-order chi connectivity index (χ1) is 14.8. The first-order valence-corrected chi connectivity index (χ1v) is 9.61. The summed E-state index contributed by atoms with van der Waals surface area (Å²) < 4.78 is 10.1. The largest absolute Gasteiger partial charge is 0.484 e. The standard InChI is InChI=1S/C21H22ClN3O6/c1-25(12-18(26)24-17-10-6-5-9-16(17)22)20(28)14-31-21(29)11-23-19(27)13-30-15-7-3-2-4-8-15/h2-10H,11-14H2,1H3,(H,23,27)(H,24,26). The van der Waals surface area contributed by atoms with E-state index in [0.717, 1.165) is 4.90 Å². The Labute approximate surface area is 184 Å². The second-order valence-corrected chi connectivity index (χ2v) is 6.72. The Hall–Kier alpha value is -3.59. The molecule has 0 aliphatic heterocycles. The average molecular weight is 448 g/mol. The fraction of sp³-hybridized carbons (Fsp3) is 0.238. The number of nitrogens with zero attached hydrogens (tertiary/aromatic N) is 1. The van der Waals surface area contributed by atoms with Gasteiger partial charge < -0.3 is 25.0 Å². The molecule has 0 bridgehead atoms. The van der Waals surface area contributed by atoms with Crippen LogP contribution < -0.4 is 15.4 Å². The van der Waals surface area contributed by atoms with Gasteiger partial charge in [0, 0.05) is 7.05 Å². The molecule has 0 saturated carbocycles. The quantitative estimate of drug-likeness (QED) is 0.533. The van der Waals surface area contributed by atoms with E-state index < -0.39 is 36.8 Å². The van der Waals surface area contributed by atoms with E-state index in [1.807, 2.05) is 6.07 Å². The minimum atomic E-state index is -0.796. The molecule has 0 saturated heterocycles. The van der Waals surface area contributed by atoms with E-state index in [1.54, 1.807) is 48.5 Å². The van der Waals surface area contributed by atoms with Gasteiger partial charge in [-0.25, -0.2) is 0 Å². The molecule has 0 aliphatic carbocycles. The van der Waals surface area contributed by atoms with E-state index in [1.165, 1.54) is 7.05 Å². The molecule has 31 heavy (non-hydrogen) atoms. The van der Waals surface area contributed by atoms with Crippen LogP contribution >= 0.6 is 11.6 Å². The fourth-order valence-corrected chi connectivity index (χ4v) is 2.43. The Bertz CT molecular complexity index is 922. The van der Waals surface area contributed by atoms with Crippen LogP contribution in [0.5, 0.6) is 5.75 Å². The Kier molecular flexibility index (Phi) is 9.31. The van der Waals surface area contributed by atoms with E-state index >= 15 is 0 Å². The van der Waals surface area contributed by atoms with Crippen molar-refractivity contribution in [3.05, 3.63) is 59.6 Å². The second kappa shape index (κ2) is 12.2. The summed E-state index contributed by atoms with van der Waals surface area (Å²) in [5.41, 5.74) is 0.424. The number of rotatable bonds is 10. The number of benzene rings is 2. The Morgan fingerprint density at radius 1 is 0.935 bits per heavy atom. The molecule has 0 fully saturated rings. The molecule has 2 aromatic rings. The number of hydrogen-bond acceptors (Lipinski definition) is 6. The Morgan fingerprint density at radius 2 is 1.61 bits per heavy atom. The van der Waals surface area contributed by atoms with Gasteiger partial charge in [-0.3, -0.25) is 19.2 Å². The van der Waals surface area contributed by atoms with Crippen molar-refractivity contribution in [1.82, 2.24) is 10.2 Å². The number of nitrogens with one attached hydrogen (secondary N) is 2. The highest BCUT2D eigenvalue weighted by Gasteiger charge is 2.16. The first-order valence-electron chi connectivity index (χ1n) is 9.23. The van der Waals surface area contributed by atoms with Gasteiger partial charge in [0.15, 0.2) is 13.2 Å². The third-order valence-corrected chi connectivity index (χ3v) is 4.18. The van der Waals surface area contributed by atoms with Crippen LogP contribution in [0, 0.1) is 0 Å². The van der Waals surface area contributed by atoms with Gasteiger partial charge in [0.2, 0.25) is 5.91 Å². The van der Waals surface area contributed by atoms with Gasteiger partial charge in [0.1, 0.15) is 12.3 Å². The van der Waals surface area contributed by atoms with Crippen molar-refractivity contribution in [3.8, 4) is 5.75 Å². The molecule has 2 rings (SSSR count). The predicted molar refractivity (Wildman–Crippen MR) is 114 cm³/mol. The lowest BCUT2D eigenvalue weighted by Crippen LogP contribution is -2.39. The van der Waals surface area contributed by atoms with Crippen molar-refractivity contribution >= 4 is 41.0 Å². The molecule has 10 heteroatoms. The molecule has 9 nitrogen and oxygen atoms in total. The topological polar surface area (TPSA) is 114 Å². The molecule has 0 aliphatic rings. The fourth-order valence-electron chi connectivity index (χ4n) is 2.25. The molecule has 0 atom stereocenters. The monoisotopic (exact) mass is 447 g/mol. The molecule has 164 valence electrons.